The average Bonchev–Trinajstić information content (AvgIpc) is 2.41. The van der Waals surface area contributed by atoms with Gasteiger partial charge < -0.3 is 10.2 Å². The maximum Gasteiger partial charge on any atom is 0.223 e. The highest BCUT2D eigenvalue weighted by atomic mass is 16.2. The molecular weight excluding hydrogens is 236 g/mol. The third kappa shape index (κ3) is 5.88. The lowest BCUT2D eigenvalue weighted by atomic mass is 10.1. The largest absolute Gasteiger partial charge is 0.343 e. The van der Waals surface area contributed by atoms with Crippen molar-refractivity contribution in [3.63, 3.8) is 0 Å². The summed E-state index contributed by atoms with van der Waals surface area (Å²) >= 11 is 0. The number of hydrogen-bond acceptors (Lipinski definition) is 2. The smallest absolute Gasteiger partial charge is 0.223 e. The molecule has 0 heterocycles. The Hall–Kier alpha value is -1.35. The van der Waals surface area contributed by atoms with E-state index < -0.39 is 0 Å². The number of carbonyl (C=O) groups is 1. The summed E-state index contributed by atoms with van der Waals surface area (Å²) in [4.78, 5) is 13.7. The van der Waals surface area contributed by atoms with Crippen molar-refractivity contribution in [3.05, 3.63) is 35.9 Å². The lowest BCUT2D eigenvalue weighted by molar-refractivity contribution is -0.130. The molecule has 1 aromatic carbocycles. The standard InChI is InChI=1S/C16H26N2O/c1-4-18(5-2)16(19)11-12-17-14(3)13-15-9-7-6-8-10-15/h6-10,14,17H,4-5,11-13H2,1-3H3. The van der Waals surface area contributed by atoms with Gasteiger partial charge in [-0.25, -0.2) is 0 Å². The molecule has 0 aliphatic carbocycles. The zero-order chi connectivity index (χ0) is 14.1. The van der Waals surface area contributed by atoms with Gasteiger partial charge >= 0.3 is 0 Å². The van der Waals surface area contributed by atoms with Crippen molar-refractivity contribution in [2.75, 3.05) is 19.6 Å². The molecule has 1 rings (SSSR count). The Morgan fingerprint density at radius 1 is 1.21 bits per heavy atom. The Kier molecular flexibility index (Phi) is 7.19. The van der Waals surface area contributed by atoms with Crippen LogP contribution in [-0.4, -0.2) is 36.5 Å². The predicted molar refractivity (Wildman–Crippen MR) is 80.2 cm³/mol. The van der Waals surface area contributed by atoms with Crippen molar-refractivity contribution in [2.45, 2.75) is 39.7 Å². The normalized spacial score (nSPS) is 12.2. The Bertz CT molecular complexity index is 360. The van der Waals surface area contributed by atoms with Gasteiger partial charge in [-0.2, -0.15) is 0 Å². The molecule has 1 aromatic rings. The van der Waals surface area contributed by atoms with Crippen LogP contribution in [-0.2, 0) is 11.2 Å². The first kappa shape index (κ1) is 15.7. The van der Waals surface area contributed by atoms with Crippen LogP contribution in [0.25, 0.3) is 0 Å². The topological polar surface area (TPSA) is 32.3 Å². The fourth-order valence-electron chi connectivity index (χ4n) is 2.20. The van der Waals surface area contributed by atoms with E-state index in [1.165, 1.54) is 5.56 Å². The van der Waals surface area contributed by atoms with Crippen LogP contribution in [0.1, 0.15) is 32.8 Å². The molecule has 0 saturated carbocycles. The monoisotopic (exact) mass is 262 g/mol. The number of benzene rings is 1. The van der Waals surface area contributed by atoms with E-state index in [1.807, 2.05) is 24.8 Å². The van der Waals surface area contributed by atoms with Gasteiger partial charge in [-0.1, -0.05) is 30.3 Å². The van der Waals surface area contributed by atoms with Gasteiger partial charge in [0.05, 0.1) is 0 Å². The highest BCUT2D eigenvalue weighted by Crippen LogP contribution is 2.02. The van der Waals surface area contributed by atoms with E-state index in [-0.39, 0.29) is 5.91 Å². The molecule has 0 bridgehead atoms. The number of hydrogen-bond donors (Lipinski definition) is 1. The molecule has 0 spiro atoms. The van der Waals surface area contributed by atoms with Crippen LogP contribution in [0.5, 0.6) is 0 Å². The Labute approximate surface area is 117 Å². The number of nitrogens with zero attached hydrogens (tertiary/aromatic N) is 1. The lowest BCUT2D eigenvalue weighted by Gasteiger charge is -2.19. The van der Waals surface area contributed by atoms with E-state index in [4.69, 9.17) is 0 Å². The summed E-state index contributed by atoms with van der Waals surface area (Å²) < 4.78 is 0. The Morgan fingerprint density at radius 2 is 1.84 bits per heavy atom. The summed E-state index contributed by atoms with van der Waals surface area (Å²) in [6.07, 6.45) is 1.58. The minimum absolute atomic E-state index is 0.240. The zero-order valence-electron chi connectivity index (χ0n) is 12.4. The van der Waals surface area contributed by atoms with E-state index >= 15 is 0 Å². The van der Waals surface area contributed by atoms with Crippen LogP contribution in [0.2, 0.25) is 0 Å². The fourth-order valence-corrected chi connectivity index (χ4v) is 2.20. The van der Waals surface area contributed by atoms with Crippen molar-refractivity contribution in [1.29, 1.82) is 0 Å². The molecule has 1 unspecified atom stereocenters. The first-order chi connectivity index (χ1) is 9.17. The molecule has 1 atom stereocenters. The van der Waals surface area contributed by atoms with Crippen molar-refractivity contribution >= 4 is 5.91 Å². The van der Waals surface area contributed by atoms with Crippen LogP contribution >= 0.6 is 0 Å². The molecule has 1 amide bonds. The van der Waals surface area contributed by atoms with Crippen LogP contribution in [0.3, 0.4) is 0 Å². The van der Waals surface area contributed by atoms with Crippen LogP contribution in [0, 0.1) is 0 Å². The van der Waals surface area contributed by atoms with Gasteiger partial charge in [-0.15, -0.1) is 0 Å². The van der Waals surface area contributed by atoms with E-state index in [2.05, 4.69) is 36.5 Å². The van der Waals surface area contributed by atoms with E-state index in [0.717, 1.165) is 26.1 Å². The maximum atomic E-state index is 11.8. The van der Waals surface area contributed by atoms with Crippen molar-refractivity contribution in [3.8, 4) is 0 Å². The van der Waals surface area contributed by atoms with Crippen molar-refractivity contribution in [1.82, 2.24) is 10.2 Å². The van der Waals surface area contributed by atoms with Gasteiger partial charge in [0, 0.05) is 32.1 Å². The predicted octanol–water partition coefficient (Wildman–Crippen LogP) is 2.47. The molecule has 3 heteroatoms. The molecule has 106 valence electrons. The minimum atomic E-state index is 0.240. The van der Waals surface area contributed by atoms with E-state index in [9.17, 15) is 4.79 Å². The molecule has 19 heavy (non-hydrogen) atoms. The van der Waals surface area contributed by atoms with Gasteiger partial charge in [0.2, 0.25) is 5.91 Å². The third-order valence-electron chi connectivity index (χ3n) is 3.33. The van der Waals surface area contributed by atoms with Crippen molar-refractivity contribution < 1.29 is 4.79 Å². The number of rotatable bonds is 8. The quantitative estimate of drug-likeness (QED) is 0.780. The minimum Gasteiger partial charge on any atom is -0.343 e. The summed E-state index contributed by atoms with van der Waals surface area (Å²) in [5.74, 6) is 0.240. The van der Waals surface area contributed by atoms with Gasteiger partial charge in [-0.3, -0.25) is 4.79 Å². The molecule has 0 aliphatic rings. The molecule has 0 aliphatic heterocycles. The second-order valence-corrected chi connectivity index (χ2v) is 4.86. The van der Waals surface area contributed by atoms with Crippen LogP contribution in [0.15, 0.2) is 30.3 Å². The van der Waals surface area contributed by atoms with Crippen molar-refractivity contribution in [2.24, 2.45) is 0 Å². The fraction of sp³-hybridized carbons (Fsp3) is 0.562. The summed E-state index contributed by atoms with van der Waals surface area (Å²) in [5, 5.41) is 3.42. The SMILES string of the molecule is CCN(CC)C(=O)CCNC(C)Cc1ccccc1. The summed E-state index contributed by atoms with van der Waals surface area (Å²) in [6, 6.07) is 10.8. The van der Waals surface area contributed by atoms with Gasteiger partial charge in [0.25, 0.3) is 0 Å². The second-order valence-electron chi connectivity index (χ2n) is 4.86. The molecular formula is C16H26N2O. The molecule has 0 saturated heterocycles. The molecule has 1 N–H and O–H groups in total. The van der Waals surface area contributed by atoms with E-state index in [1.54, 1.807) is 0 Å². The third-order valence-corrected chi connectivity index (χ3v) is 3.33. The molecule has 0 aromatic heterocycles. The van der Waals surface area contributed by atoms with E-state index in [0.29, 0.717) is 12.5 Å². The summed E-state index contributed by atoms with van der Waals surface area (Å²) in [6.45, 7) is 8.56. The first-order valence-electron chi connectivity index (χ1n) is 7.22. The highest BCUT2D eigenvalue weighted by molar-refractivity contribution is 5.76. The Balaban J connectivity index is 2.24. The maximum absolute atomic E-state index is 11.8. The van der Waals surface area contributed by atoms with Gasteiger partial charge in [0.15, 0.2) is 0 Å². The number of carbonyl (C=O) groups excluding carboxylic acids is 1. The highest BCUT2D eigenvalue weighted by Gasteiger charge is 2.09. The van der Waals surface area contributed by atoms with Gasteiger partial charge in [-0.05, 0) is 32.8 Å². The second kappa shape index (κ2) is 8.70. The number of nitrogens with one attached hydrogen (secondary N) is 1. The summed E-state index contributed by atoms with van der Waals surface area (Å²) in [7, 11) is 0. The number of amides is 1. The van der Waals surface area contributed by atoms with Gasteiger partial charge in [0.1, 0.15) is 0 Å². The van der Waals surface area contributed by atoms with Crippen LogP contribution in [0.4, 0.5) is 0 Å². The molecule has 0 fully saturated rings. The first-order valence-corrected chi connectivity index (χ1v) is 7.22. The average molecular weight is 262 g/mol. The Morgan fingerprint density at radius 3 is 2.42 bits per heavy atom. The lowest BCUT2D eigenvalue weighted by Crippen LogP contribution is -2.35. The zero-order valence-corrected chi connectivity index (χ0v) is 12.4. The van der Waals surface area contributed by atoms with Crippen LogP contribution < -0.4 is 5.32 Å². The summed E-state index contributed by atoms with van der Waals surface area (Å²) in [5.41, 5.74) is 1.33. The molecule has 3 nitrogen and oxygen atoms in total. The molecule has 0 radical (unpaired) electrons.